The van der Waals surface area contributed by atoms with Crippen molar-refractivity contribution in [2.45, 2.75) is 12.8 Å². The molecule has 0 spiro atoms. The molecule has 168 valence electrons. The molecule has 2 heterocycles. The summed E-state index contributed by atoms with van der Waals surface area (Å²) >= 11 is 0. The summed E-state index contributed by atoms with van der Waals surface area (Å²) in [6.07, 6.45) is 3.75. The first-order chi connectivity index (χ1) is 15.8. The van der Waals surface area contributed by atoms with Crippen molar-refractivity contribution in [2.75, 3.05) is 51.9 Å². The van der Waals surface area contributed by atoms with Crippen LogP contribution in [0.5, 0.6) is 11.5 Å². The van der Waals surface area contributed by atoms with Crippen molar-refractivity contribution in [2.24, 2.45) is 0 Å². The van der Waals surface area contributed by atoms with Crippen LogP contribution in [-0.4, -0.2) is 67.7 Å². The molecule has 0 saturated carbocycles. The van der Waals surface area contributed by atoms with Gasteiger partial charge in [0.2, 0.25) is 0 Å². The summed E-state index contributed by atoms with van der Waals surface area (Å²) in [4.78, 5) is 21.9. The van der Waals surface area contributed by atoms with Crippen molar-refractivity contribution in [3.05, 3.63) is 48.3 Å². The second kappa shape index (κ2) is 10.9. The SMILES string of the molecule is COc1cc2ncnc(Nc3ccc(CC=O)cc3)c2cc1OCCCN1CCOCC1. The summed E-state index contributed by atoms with van der Waals surface area (Å²) in [5.74, 6) is 1.99. The lowest BCUT2D eigenvalue weighted by atomic mass is 10.1. The summed E-state index contributed by atoms with van der Waals surface area (Å²) in [6, 6.07) is 11.5. The third-order valence-corrected chi connectivity index (χ3v) is 5.44. The number of nitrogens with one attached hydrogen (secondary N) is 1. The van der Waals surface area contributed by atoms with E-state index in [1.165, 1.54) is 6.33 Å². The number of carbonyl (C=O) groups is 1. The topological polar surface area (TPSA) is 85.8 Å². The van der Waals surface area contributed by atoms with Gasteiger partial charge in [0.25, 0.3) is 0 Å². The third-order valence-electron chi connectivity index (χ3n) is 5.44. The molecule has 1 aliphatic rings. The maximum absolute atomic E-state index is 10.7. The van der Waals surface area contributed by atoms with E-state index in [1.54, 1.807) is 7.11 Å². The van der Waals surface area contributed by atoms with Gasteiger partial charge in [0.05, 0.1) is 32.4 Å². The van der Waals surface area contributed by atoms with Crippen LogP contribution in [0.15, 0.2) is 42.7 Å². The molecule has 0 bridgehead atoms. The van der Waals surface area contributed by atoms with Crippen LogP contribution in [0.3, 0.4) is 0 Å². The van der Waals surface area contributed by atoms with E-state index in [0.717, 1.165) is 67.7 Å². The predicted molar refractivity (Wildman–Crippen MR) is 123 cm³/mol. The number of methoxy groups -OCH3 is 1. The predicted octanol–water partition coefficient (Wildman–Crippen LogP) is 3.22. The minimum atomic E-state index is 0.406. The number of morpholine rings is 1. The Morgan fingerprint density at radius 3 is 2.69 bits per heavy atom. The van der Waals surface area contributed by atoms with E-state index in [2.05, 4.69) is 20.2 Å². The van der Waals surface area contributed by atoms with Gasteiger partial charge in [-0.1, -0.05) is 12.1 Å². The molecule has 8 heteroatoms. The van der Waals surface area contributed by atoms with E-state index in [0.29, 0.717) is 30.3 Å². The zero-order chi connectivity index (χ0) is 22.2. The van der Waals surface area contributed by atoms with Crippen LogP contribution < -0.4 is 14.8 Å². The summed E-state index contributed by atoms with van der Waals surface area (Å²) in [5.41, 5.74) is 2.61. The zero-order valence-electron chi connectivity index (χ0n) is 18.3. The second-order valence-corrected chi connectivity index (χ2v) is 7.59. The number of hydrogen-bond donors (Lipinski definition) is 1. The van der Waals surface area contributed by atoms with Gasteiger partial charge in [-0.2, -0.15) is 0 Å². The fourth-order valence-electron chi connectivity index (χ4n) is 3.69. The quantitative estimate of drug-likeness (QED) is 0.383. The molecule has 1 aromatic heterocycles. The molecular formula is C24H28N4O4. The monoisotopic (exact) mass is 436 g/mol. The molecule has 0 atom stereocenters. The summed E-state index contributed by atoms with van der Waals surface area (Å²) < 4.78 is 17.0. The molecular weight excluding hydrogens is 408 g/mol. The largest absolute Gasteiger partial charge is 0.493 e. The number of fused-ring (bicyclic) bond motifs is 1. The van der Waals surface area contributed by atoms with Crippen LogP contribution >= 0.6 is 0 Å². The molecule has 2 aromatic carbocycles. The fourth-order valence-corrected chi connectivity index (χ4v) is 3.69. The van der Waals surface area contributed by atoms with Crippen molar-refractivity contribution in [1.82, 2.24) is 14.9 Å². The van der Waals surface area contributed by atoms with Crippen LogP contribution in [-0.2, 0) is 16.0 Å². The molecule has 3 aromatic rings. The Hall–Kier alpha value is -3.23. The lowest BCUT2D eigenvalue weighted by Crippen LogP contribution is -2.37. The molecule has 0 amide bonds. The van der Waals surface area contributed by atoms with Crippen LogP contribution in [0.4, 0.5) is 11.5 Å². The average molecular weight is 437 g/mol. The molecule has 1 aliphatic heterocycles. The number of aldehydes is 1. The molecule has 32 heavy (non-hydrogen) atoms. The Kier molecular flexibility index (Phi) is 7.47. The number of ether oxygens (including phenoxy) is 3. The average Bonchev–Trinajstić information content (AvgIpc) is 2.83. The number of nitrogens with zero attached hydrogens (tertiary/aromatic N) is 3. The van der Waals surface area contributed by atoms with Crippen molar-refractivity contribution in [3.8, 4) is 11.5 Å². The highest BCUT2D eigenvalue weighted by Gasteiger charge is 2.13. The Bertz CT molecular complexity index is 1040. The number of carbonyl (C=O) groups excluding carboxylic acids is 1. The molecule has 1 saturated heterocycles. The fraction of sp³-hybridized carbons (Fsp3) is 0.375. The van der Waals surface area contributed by atoms with Crippen molar-refractivity contribution in [1.29, 1.82) is 0 Å². The van der Waals surface area contributed by atoms with Gasteiger partial charge >= 0.3 is 0 Å². The van der Waals surface area contributed by atoms with E-state index >= 15 is 0 Å². The van der Waals surface area contributed by atoms with Gasteiger partial charge in [-0.05, 0) is 30.2 Å². The molecule has 4 rings (SSSR count). The van der Waals surface area contributed by atoms with Crippen LogP contribution in [0.1, 0.15) is 12.0 Å². The van der Waals surface area contributed by atoms with Crippen molar-refractivity contribution >= 4 is 28.7 Å². The zero-order valence-corrected chi connectivity index (χ0v) is 18.3. The van der Waals surface area contributed by atoms with Gasteiger partial charge in [-0.15, -0.1) is 0 Å². The number of rotatable bonds is 10. The Morgan fingerprint density at radius 1 is 1.12 bits per heavy atom. The Morgan fingerprint density at radius 2 is 1.94 bits per heavy atom. The first-order valence-electron chi connectivity index (χ1n) is 10.8. The first kappa shape index (κ1) is 22.0. The van der Waals surface area contributed by atoms with Gasteiger partial charge < -0.3 is 24.3 Å². The van der Waals surface area contributed by atoms with E-state index in [-0.39, 0.29) is 0 Å². The molecule has 1 N–H and O–H groups in total. The van der Waals surface area contributed by atoms with Gasteiger partial charge in [-0.3, -0.25) is 4.90 Å². The normalized spacial score (nSPS) is 14.3. The van der Waals surface area contributed by atoms with Gasteiger partial charge in [-0.25, -0.2) is 9.97 Å². The Labute approximate surface area is 187 Å². The lowest BCUT2D eigenvalue weighted by Gasteiger charge is -2.26. The van der Waals surface area contributed by atoms with E-state index in [9.17, 15) is 4.79 Å². The molecule has 0 aliphatic carbocycles. The van der Waals surface area contributed by atoms with Gasteiger partial charge in [0, 0.05) is 43.2 Å². The number of benzene rings is 2. The van der Waals surface area contributed by atoms with Crippen molar-refractivity contribution in [3.63, 3.8) is 0 Å². The van der Waals surface area contributed by atoms with E-state index < -0.39 is 0 Å². The summed E-state index contributed by atoms with van der Waals surface area (Å²) in [7, 11) is 1.63. The molecule has 8 nitrogen and oxygen atoms in total. The standard InChI is InChI=1S/C24H28N4O4/c1-30-22-16-21-20(15-23(22)32-12-2-8-28-9-13-31-14-10-28)24(26-17-25-21)27-19-5-3-18(4-6-19)7-11-29/h3-6,11,15-17H,2,7-10,12-14H2,1H3,(H,25,26,27). The minimum absolute atomic E-state index is 0.406. The van der Waals surface area contributed by atoms with Gasteiger partial charge in [0.1, 0.15) is 18.4 Å². The van der Waals surface area contributed by atoms with Crippen LogP contribution in [0.25, 0.3) is 10.9 Å². The van der Waals surface area contributed by atoms with E-state index in [1.807, 2.05) is 36.4 Å². The Balaban J connectivity index is 1.48. The van der Waals surface area contributed by atoms with Gasteiger partial charge in [0.15, 0.2) is 11.5 Å². The molecule has 0 radical (unpaired) electrons. The first-order valence-corrected chi connectivity index (χ1v) is 10.8. The summed E-state index contributed by atoms with van der Waals surface area (Å²) in [5, 5.41) is 4.18. The number of anilines is 2. The maximum Gasteiger partial charge on any atom is 0.162 e. The highest BCUT2D eigenvalue weighted by molar-refractivity contribution is 5.93. The maximum atomic E-state index is 10.7. The summed E-state index contributed by atoms with van der Waals surface area (Å²) in [6.45, 7) is 5.12. The van der Waals surface area contributed by atoms with E-state index in [4.69, 9.17) is 14.2 Å². The molecule has 0 unspecified atom stereocenters. The number of hydrogen-bond acceptors (Lipinski definition) is 8. The highest BCUT2D eigenvalue weighted by atomic mass is 16.5. The smallest absolute Gasteiger partial charge is 0.162 e. The second-order valence-electron chi connectivity index (χ2n) is 7.59. The van der Waals surface area contributed by atoms with Crippen molar-refractivity contribution < 1.29 is 19.0 Å². The van der Waals surface area contributed by atoms with Crippen LogP contribution in [0, 0.1) is 0 Å². The highest BCUT2D eigenvalue weighted by Crippen LogP contribution is 2.34. The third kappa shape index (κ3) is 5.52. The van der Waals surface area contributed by atoms with Crippen LogP contribution in [0.2, 0.25) is 0 Å². The number of aromatic nitrogens is 2. The lowest BCUT2D eigenvalue weighted by molar-refractivity contribution is -0.107. The molecule has 1 fully saturated rings. The minimum Gasteiger partial charge on any atom is -0.493 e.